The van der Waals surface area contributed by atoms with Crippen LogP contribution in [0.25, 0.3) is 0 Å². The van der Waals surface area contributed by atoms with Gasteiger partial charge in [-0.05, 0) is 23.8 Å². The first-order chi connectivity index (χ1) is 10.2. The number of hydrogen-bond donors (Lipinski definition) is 3. The van der Waals surface area contributed by atoms with Crippen LogP contribution in [0.2, 0.25) is 0 Å². The van der Waals surface area contributed by atoms with Crippen LogP contribution in [0.4, 0.5) is 11.4 Å². The fraction of sp³-hybridized carbons (Fsp3) is 0.188. The van der Waals surface area contributed by atoms with Crippen LogP contribution in [0, 0.1) is 0 Å². The lowest BCUT2D eigenvalue weighted by Crippen LogP contribution is -2.32. The Kier molecular flexibility index (Phi) is 3.39. The minimum Gasteiger partial charge on any atom is -0.504 e. The Balaban J connectivity index is 1.69. The minimum atomic E-state index is -0.299. The van der Waals surface area contributed by atoms with Crippen LogP contribution in [0.5, 0.6) is 11.5 Å². The summed E-state index contributed by atoms with van der Waals surface area (Å²) >= 11 is 0. The fourth-order valence-electron chi connectivity index (χ4n) is 2.45. The van der Waals surface area contributed by atoms with Gasteiger partial charge >= 0.3 is 0 Å². The molecular weight excluding hydrogens is 268 g/mol. The lowest BCUT2D eigenvalue weighted by atomic mass is 10.1. The lowest BCUT2D eigenvalue weighted by molar-refractivity contribution is -0.116. The number of phenols is 1. The zero-order valence-corrected chi connectivity index (χ0v) is 11.6. The van der Waals surface area contributed by atoms with Crippen molar-refractivity contribution in [1.29, 1.82) is 0 Å². The molecule has 0 aromatic heterocycles. The van der Waals surface area contributed by atoms with E-state index >= 15 is 0 Å². The van der Waals surface area contributed by atoms with E-state index in [9.17, 15) is 9.90 Å². The van der Waals surface area contributed by atoms with Crippen molar-refractivity contribution < 1.29 is 14.6 Å². The standard InChI is InChI=1S/C16H16N2O3/c1-21-15-7-6-11(9-14(15)19)17-16(20)13-8-10-4-2-3-5-12(10)18-13/h2-7,9,13,18-19H,8H2,1H3,(H,17,20). The highest BCUT2D eigenvalue weighted by molar-refractivity contribution is 5.98. The summed E-state index contributed by atoms with van der Waals surface area (Å²) in [6.07, 6.45) is 0.657. The topological polar surface area (TPSA) is 70.6 Å². The predicted octanol–water partition coefficient (Wildman–Crippen LogP) is 2.38. The second kappa shape index (κ2) is 5.36. The molecule has 0 saturated heterocycles. The number of rotatable bonds is 3. The molecule has 0 aliphatic carbocycles. The van der Waals surface area contributed by atoms with Crippen LogP contribution in [0.1, 0.15) is 5.56 Å². The number of methoxy groups -OCH3 is 1. The number of nitrogens with one attached hydrogen (secondary N) is 2. The van der Waals surface area contributed by atoms with Gasteiger partial charge in [0.1, 0.15) is 6.04 Å². The molecule has 1 aliphatic heterocycles. The van der Waals surface area contributed by atoms with Crippen LogP contribution >= 0.6 is 0 Å². The average Bonchev–Trinajstić information content (AvgIpc) is 2.91. The van der Waals surface area contributed by atoms with Crippen molar-refractivity contribution in [3.63, 3.8) is 0 Å². The van der Waals surface area contributed by atoms with E-state index in [1.54, 1.807) is 12.1 Å². The molecule has 108 valence electrons. The van der Waals surface area contributed by atoms with Crippen molar-refractivity contribution in [2.24, 2.45) is 0 Å². The molecule has 1 amide bonds. The monoisotopic (exact) mass is 284 g/mol. The third-order valence-corrected chi connectivity index (χ3v) is 3.53. The molecule has 1 atom stereocenters. The zero-order valence-electron chi connectivity index (χ0n) is 11.6. The van der Waals surface area contributed by atoms with Crippen molar-refractivity contribution in [2.45, 2.75) is 12.5 Å². The Morgan fingerprint density at radius 2 is 2.14 bits per heavy atom. The van der Waals surface area contributed by atoms with E-state index in [1.807, 2.05) is 24.3 Å². The molecule has 21 heavy (non-hydrogen) atoms. The van der Waals surface area contributed by atoms with Crippen molar-refractivity contribution in [1.82, 2.24) is 0 Å². The van der Waals surface area contributed by atoms with E-state index in [0.29, 0.717) is 17.9 Å². The number of carbonyl (C=O) groups is 1. The summed E-state index contributed by atoms with van der Waals surface area (Å²) in [5.74, 6) is 0.244. The van der Waals surface area contributed by atoms with Gasteiger partial charge < -0.3 is 20.5 Å². The molecule has 2 aromatic rings. The number of carbonyl (C=O) groups excluding carboxylic acids is 1. The summed E-state index contributed by atoms with van der Waals surface area (Å²) in [4.78, 5) is 12.3. The normalized spacial score (nSPS) is 16.0. The number of benzene rings is 2. The Morgan fingerprint density at radius 3 is 2.86 bits per heavy atom. The number of para-hydroxylation sites is 1. The molecule has 3 N–H and O–H groups in total. The van der Waals surface area contributed by atoms with Gasteiger partial charge in [-0.3, -0.25) is 4.79 Å². The molecule has 1 heterocycles. The second-order valence-corrected chi connectivity index (χ2v) is 4.93. The highest BCUT2D eigenvalue weighted by Gasteiger charge is 2.26. The summed E-state index contributed by atoms with van der Waals surface area (Å²) in [7, 11) is 1.48. The Morgan fingerprint density at radius 1 is 1.33 bits per heavy atom. The van der Waals surface area contributed by atoms with Crippen LogP contribution < -0.4 is 15.4 Å². The van der Waals surface area contributed by atoms with Gasteiger partial charge in [0.15, 0.2) is 11.5 Å². The number of phenolic OH excluding ortho intramolecular Hbond substituents is 1. The van der Waals surface area contributed by atoms with Gasteiger partial charge in [0.2, 0.25) is 5.91 Å². The number of hydrogen-bond acceptors (Lipinski definition) is 4. The van der Waals surface area contributed by atoms with Gasteiger partial charge in [0, 0.05) is 23.9 Å². The molecule has 5 heteroatoms. The van der Waals surface area contributed by atoms with Gasteiger partial charge in [-0.2, -0.15) is 0 Å². The minimum absolute atomic E-state index is 0.00188. The highest BCUT2D eigenvalue weighted by atomic mass is 16.5. The zero-order chi connectivity index (χ0) is 14.8. The molecule has 0 spiro atoms. The molecule has 3 rings (SSSR count). The van der Waals surface area contributed by atoms with E-state index in [-0.39, 0.29) is 17.7 Å². The largest absolute Gasteiger partial charge is 0.504 e. The summed E-state index contributed by atoms with van der Waals surface area (Å²) < 4.78 is 4.97. The first kappa shape index (κ1) is 13.3. The van der Waals surface area contributed by atoms with Crippen LogP contribution in [-0.2, 0) is 11.2 Å². The number of aromatic hydroxyl groups is 1. The van der Waals surface area contributed by atoms with Crippen molar-refractivity contribution in [3.8, 4) is 11.5 Å². The molecule has 1 aliphatic rings. The number of ether oxygens (including phenoxy) is 1. The van der Waals surface area contributed by atoms with Gasteiger partial charge in [0.05, 0.1) is 7.11 Å². The molecule has 0 saturated carbocycles. The summed E-state index contributed by atoms with van der Waals surface area (Å²) in [6, 6.07) is 12.3. The predicted molar refractivity (Wildman–Crippen MR) is 80.8 cm³/mol. The lowest BCUT2D eigenvalue weighted by Gasteiger charge is -2.13. The van der Waals surface area contributed by atoms with Crippen LogP contribution in [0.15, 0.2) is 42.5 Å². The van der Waals surface area contributed by atoms with Crippen molar-refractivity contribution in [3.05, 3.63) is 48.0 Å². The number of amides is 1. The van der Waals surface area contributed by atoms with E-state index in [2.05, 4.69) is 10.6 Å². The van der Waals surface area contributed by atoms with Gasteiger partial charge in [-0.25, -0.2) is 0 Å². The first-order valence-electron chi connectivity index (χ1n) is 6.69. The third-order valence-electron chi connectivity index (χ3n) is 3.53. The molecule has 0 radical (unpaired) electrons. The highest BCUT2D eigenvalue weighted by Crippen LogP contribution is 2.29. The fourth-order valence-corrected chi connectivity index (χ4v) is 2.45. The number of fused-ring (bicyclic) bond motifs is 1. The van der Waals surface area contributed by atoms with E-state index < -0.39 is 0 Å². The Labute approximate surface area is 122 Å². The summed E-state index contributed by atoms with van der Waals surface area (Å²) in [6.45, 7) is 0. The number of anilines is 2. The third kappa shape index (κ3) is 2.63. The quantitative estimate of drug-likeness (QED) is 0.809. The maximum atomic E-state index is 12.3. The molecule has 0 fully saturated rings. The second-order valence-electron chi connectivity index (χ2n) is 4.93. The molecule has 0 bridgehead atoms. The van der Waals surface area contributed by atoms with E-state index in [4.69, 9.17) is 4.74 Å². The summed E-state index contributed by atoms with van der Waals surface area (Å²) in [5, 5.41) is 15.7. The van der Waals surface area contributed by atoms with Crippen molar-refractivity contribution in [2.75, 3.05) is 17.7 Å². The van der Waals surface area contributed by atoms with Gasteiger partial charge in [0.25, 0.3) is 0 Å². The van der Waals surface area contributed by atoms with Gasteiger partial charge in [-0.1, -0.05) is 18.2 Å². The summed E-state index contributed by atoms with van der Waals surface area (Å²) in [5.41, 5.74) is 2.67. The van der Waals surface area contributed by atoms with Crippen molar-refractivity contribution >= 4 is 17.3 Å². The molecule has 2 aromatic carbocycles. The smallest absolute Gasteiger partial charge is 0.247 e. The first-order valence-corrected chi connectivity index (χ1v) is 6.69. The average molecular weight is 284 g/mol. The Hall–Kier alpha value is -2.69. The Bertz CT molecular complexity index is 660. The van der Waals surface area contributed by atoms with E-state index in [0.717, 1.165) is 11.3 Å². The molecule has 1 unspecified atom stereocenters. The van der Waals surface area contributed by atoms with E-state index in [1.165, 1.54) is 13.2 Å². The molecule has 5 nitrogen and oxygen atoms in total. The van der Waals surface area contributed by atoms with Gasteiger partial charge in [-0.15, -0.1) is 0 Å². The SMILES string of the molecule is COc1ccc(NC(=O)C2Cc3ccccc3N2)cc1O. The maximum Gasteiger partial charge on any atom is 0.247 e. The van der Waals surface area contributed by atoms with Crippen LogP contribution in [-0.4, -0.2) is 24.2 Å². The van der Waals surface area contributed by atoms with Crippen LogP contribution in [0.3, 0.4) is 0 Å². The molecular formula is C16H16N2O3. The maximum absolute atomic E-state index is 12.3.